The van der Waals surface area contributed by atoms with Crippen molar-refractivity contribution < 1.29 is 34.1 Å². The molecule has 3 aromatic rings. The van der Waals surface area contributed by atoms with Gasteiger partial charge in [-0.2, -0.15) is 0 Å². The second kappa shape index (κ2) is 20.3. The van der Waals surface area contributed by atoms with E-state index in [9.17, 15) is 24.6 Å². The Morgan fingerprint density at radius 3 is 2.19 bits per heavy atom. The molecule has 0 radical (unpaired) electrons. The lowest BCUT2D eigenvalue weighted by Crippen LogP contribution is -2.53. The van der Waals surface area contributed by atoms with Crippen molar-refractivity contribution in [1.82, 2.24) is 10.3 Å². The van der Waals surface area contributed by atoms with E-state index in [0.717, 1.165) is 31.4 Å². The minimum atomic E-state index is -1.34. The van der Waals surface area contributed by atoms with Gasteiger partial charge in [-0.1, -0.05) is 90.1 Å². The largest absolute Gasteiger partial charge is 0.490 e. The van der Waals surface area contributed by atoms with Gasteiger partial charge in [0.05, 0.1) is 40.4 Å². The fraction of sp³-hybridized carbons (Fsp3) is 0.571. The monoisotopic (exact) mass is 764 g/mol. The lowest BCUT2D eigenvalue weighted by molar-refractivity contribution is -0.139. The molecule has 0 saturated heterocycles. The van der Waals surface area contributed by atoms with Gasteiger partial charge < -0.3 is 36.5 Å². The van der Waals surface area contributed by atoms with E-state index in [4.69, 9.17) is 20.9 Å². The number of hydrogen-bond donors (Lipinski definition) is 5. The van der Waals surface area contributed by atoms with E-state index in [0.29, 0.717) is 45.8 Å². The fourth-order valence-corrected chi connectivity index (χ4v) is 8.35. The highest BCUT2D eigenvalue weighted by Gasteiger charge is 2.41. The minimum absolute atomic E-state index is 0.242. The average molecular weight is 765 g/mol. The molecule has 12 heteroatoms. The van der Waals surface area contributed by atoms with Gasteiger partial charge in [0.25, 0.3) is 0 Å². The maximum atomic E-state index is 13.9. The Morgan fingerprint density at radius 1 is 0.889 bits per heavy atom. The van der Waals surface area contributed by atoms with Crippen LogP contribution in [0, 0.1) is 36.5 Å². The van der Waals surface area contributed by atoms with Crippen LogP contribution in [-0.2, 0) is 9.59 Å². The first kappa shape index (κ1) is 43.1. The van der Waals surface area contributed by atoms with Gasteiger partial charge in [0.1, 0.15) is 35.5 Å². The van der Waals surface area contributed by atoms with E-state index in [-0.39, 0.29) is 24.1 Å². The summed E-state index contributed by atoms with van der Waals surface area (Å²) in [7, 11) is 0. The molecule has 0 bridgehead atoms. The Kier molecular flexibility index (Phi) is 16.2. The second-order valence-electron chi connectivity index (χ2n) is 15.3. The molecule has 4 unspecified atom stereocenters. The van der Waals surface area contributed by atoms with Gasteiger partial charge in [0, 0.05) is 17.9 Å². The number of Topliss-reactive ketones (excluding diaryl/α,β-unsaturated/α-hetero) is 1. The Bertz CT molecular complexity index is 1660. The summed E-state index contributed by atoms with van der Waals surface area (Å²) in [6.45, 7) is 11.2. The highest BCUT2D eigenvalue weighted by atomic mass is 32.1. The third-order valence-corrected chi connectivity index (χ3v) is 12.2. The topological polar surface area (TPSA) is 187 Å². The number of carbonyl (C=O) groups is 3. The number of nitrogens with zero attached hydrogens (tertiary/aromatic N) is 1. The first-order valence-electron chi connectivity index (χ1n) is 19.3. The molecular formula is C42H60N4O7S. The van der Waals surface area contributed by atoms with Crippen molar-refractivity contribution in [3.8, 4) is 11.5 Å². The number of aliphatic hydroxyl groups is 2. The molecule has 1 amide bonds. The molecule has 7 N–H and O–H groups in total. The highest BCUT2D eigenvalue weighted by Crippen LogP contribution is 2.32. The molecule has 1 aromatic heterocycles. The number of nitrogens with two attached hydrogens (primary N) is 2. The van der Waals surface area contributed by atoms with Crippen LogP contribution in [0.1, 0.15) is 105 Å². The zero-order valence-corrected chi connectivity index (χ0v) is 33.4. The van der Waals surface area contributed by atoms with E-state index >= 15 is 0 Å². The smallest absolute Gasteiger partial charge is 0.237 e. The number of aromatic nitrogens is 1. The lowest BCUT2D eigenvalue weighted by Gasteiger charge is -2.36. The summed E-state index contributed by atoms with van der Waals surface area (Å²) in [5.41, 5.74) is 13.8. The molecule has 4 rings (SSSR count). The van der Waals surface area contributed by atoms with Crippen molar-refractivity contribution in [3.63, 3.8) is 0 Å². The number of thiazole rings is 1. The van der Waals surface area contributed by atoms with Gasteiger partial charge in [0.2, 0.25) is 11.7 Å². The fourth-order valence-electron chi connectivity index (χ4n) is 7.33. The molecule has 296 valence electrons. The summed E-state index contributed by atoms with van der Waals surface area (Å²) in [4.78, 5) is 46.1. The molecular weight excluding hydrogens is 705 g/mol. The number of nitrogens with one attached hydrogen (secondary N) is 1. The lowest BCUT2D eigenvalue weighted by atomic mass is 9.73. The summed E-state index contributed by atoms with van der Waals surface area (Å²) in [5, 5.41) is 25.8. The number of ketones is 2. The molecule has 1 aliphatic carbocycles. The molecule has 1 aliphatic rings. The Morgan fingerprint density at radius 2 is 1.52 bits per heavy atom. The normalized spacial score (nSPS) is 18.1. The molecule has 1 fully saturated rings. The number of amides is 1. The Balaban J connectivity index is 1.35. The van der Waals surface area contributed by atoms with E-state index in [1.807, 2.05) is 44.2 Å². The van der Waals surface area contributed by atoms with Crippen molar-refractivity contribution >= 4 is 28.8 Å². The number of hydrogen-bond acceptors (Lipinski definition) is 11. The summed E-state index contributed by atoms with van der Waals surface area (Å²) >= 11 is 1.19. The molecule has 0 aliphatic heterocycles. The van der Waals surface area contributed by atoms with Crippen LogP contribution in [0.3, 0.4) is 0 Å². The van der Waals surface area contributed by atoms with Crippen LogP contribution in [-0.4, -0.2) is 70.2 Å². The van der Waals surface area contributed by atoms with E-state index in [2.05, 4.69) is 10.3 Å². The predicted octanol–water partition coefficient (Wildman–Crippen LogP) is 5.78. The Labute approximate surface area is 324 Å². The van der Waals surface area contributed by atoms with Crippen LogP contribution in [0.15, 0.2) is 54.6 Å². The highest BCUT2D eigenvalue weighted by molar-refractivity contribution is 7.14. The number of aryl methyl sites for hydroxylation is 1. The zero-order chi connectivity index (χ0) is 39.5. The van der Waals surface area contributed by atoms with Gasteiger partial charge in [0.15, 0.2) is 0 Å². The predicted molar refractivity (Wildman–Crippen MR) is 212 cm³/mol. The summed E-state index contributed by atoms with van der Waals surface area (Å²) in [6.07, 6.45) is 3.65. The van der Waals surface area contributed by atoms with E-state index in [1.165, 1.54) is 17.8 Å². The summed E-state index contributed by atoms with van der Waals surface area (Å²) < 4.78 is 11.7. The number of aliphatic hydroxyl groups excluding tert-OH is 2. The SMILES string of the molecule is Cc1nc(C(C)NC(=O)[C@H](N)[C@H](C)[C@@H](C)C(=O)C(C(C)C)C(O)C(O)[C@@H](N)CC2CCCCC2)sc1C(=O)c1ccccc1OCCOc1ccccc1. The van der Waals surface area contributed by atoms with Crippen LogP contribution in [0.25, 0.3) is 0 Å². The minimum Gasteiger partial charge on any atom is -0.490 e. The third-order valence-electron chi connectivity index (χ3n) is 10.9. The number of rotatable bonds is 20. The molecule has 2 aromatic carbocycles. The molecule has 54 heavy (non-hydrogen) atoms. The Hall–Kier alpha value is -3.68. The molecule has 11 nitrogen and oxygen atoms in total. The quantitative estimate of drug-likeness (QED) is 0.0698. The van der Waals surface area contributed by atoms with Crippen molar-refractivity contribution in [2.24, 2.45) is 41.1 Å². The van der Waals surface area contributed by atoms with Gasteiger partial charge in [-0.05, 0) is 62.3 Å². The van der Waals surface area contributed by atoms with E-state index in [1.54, 1.807) is 52.0 Å². The molecule has 1 heterocycles. The van der Waals surface area contributed by atoms with Gasteiger partial charge in [-0.15, -0.1) is 11.3 Å². The zero-order valence-electron chi connectivity index (χ0n) is 32.6. The van der Waals surface area contributed by atoms with Crippen molar-refractivity contribution in [1.29, 1.82) is 0 Å². The standard InChI is InChI=1S/C42H60N4O7S/c1-24(2)34(39(50)38(49)32(43)23-29-15-9-7-10-16-29)36(47)26(4)25(3)35(44)41(51)45-28(6)42-46-27(5)40(54-42)37(48)31-19-13-14-20-33(31)53-22-21-52-30-17-11-8-12-18-30/h8,11-14,17-20,24-26,28-29,32,34-35,38-39,49-50H,7,9-10,15-16,21-23,43-44H2,1-6H3,(H,45,51)/t25-,26-,28?,32+,34?,35-,38?,39?/m1/s1. The number of benzene rings is 2. The maximum absolute atomic E-state index is 13.9. The third kappa shape index (κ3) is 11.2. The van der Waals surface area contributed by atoms with E-state index < -0.39 is 54.0 Å². The van der Waals surface area contributed by atoms with Crippen LogP contribution < -0.4 is 26.3 Å². The number of ether oxygens (including phenoxy) is 2. The van der Waals surface area contributed by atoms with Crippen LogP contribution in [0.5, 0.6) is 11.5 Å². The molecule has 0 spiro atoms. The molecule has 1 saturated carbocycles. The summed E-state index contributed by atoms with van der Waals surface area (Å²) in [5.74, 6) is -1.84. The average Bonchev–Trinajstić information content (AvgIpc) is 3.57. The van der Waals surface area contributed by atoms with Crippen LogP contribution >= 0.6 is 11.3 Å². The maximum Gasteiger partial charge on any atom is 0.237 e. The van der Waals surface area contributed by atoms with Crippen molar-refractivity contribution in [2.45, 2.75) is 110 Å². The molecule has 8 atom stereocenters. The van der Waals surface area contributed by atoms with Gasteiger partial charge in [-0.25, -0.2) is 4.98 Å². The summed E-state index contributed by atoms with van der Waals surface area (Å²) in [6, 6.07) is 14.2. The van der Waals surface area contributed by atoms with Gasteiger partial charge in [-0.3, -0.25) is 14.4 Å². The van der Waals surface area contributed by atoms with Gasteiger partial charge >= 0.3 is 0 Å². The first-order valence-corrected chi connectivity index (χ1v) is 20.2. The van der Waals surface area contributed by atoms with Crippen molar-refractivity contribution in [3.05, 3.63) is 75.7 Å². The second-order valence-corrected chi connectivity index (χ2v) is 16.3. The van der Waals surface area contributed by atoms with Crippen LogP contribution in [0.4, 0.5) is 0 Å². The number of para-hydroxylation sites is 2. The van der Waals surface area contributed by atoms with Crippen LogP contribution in [0.2, 0.25) is 0 Å². The van der Waals surface area contributed by atoms with Crippen molar-refractivity contribution in [2.75, 3.05) is 13.2 Å². The number of carbonyl (C=O) groups excluding carboxylic acids is 3. The first-order chi connectivity index (χ1) is 25.7.